The summed E-state index contributed by atoms with van der Waals surface area (Å²) in [6.45, 7) is 4.00. The zero-order valence-corrected chi connectivity index (χ0v) is 7.61. The van der Waals surface area contributed by atoms with Gasteiger partial charge in [0.15, 0.2) is 0 Å². The van der Waals surface area contributed by atoms with Crippen LogP contribution in [0.25, 0.3) is 0 Å². The molecule has 1 aliphatic carbocycles. The topological polar surface area (TPSA) is 20.2 Å². The minimum absolute atomic E-state index is 0.168. The number of benzene rings is 1. The van der Waals surface area contributed by atoms with Crippen molar-refractivity contribution >= 4 is 0 Å². The molecule has 13 heavy (non-hydrogen) atoms. The van der Waals surface area contributed by atoms with Crippen LogP contribution in [-0.4, -0.2) is 11.2 Å². The van der Waals surface area contributed by atoms with E-state index < -0.39 is 0 Å². The van der Waals surface area contributed by atoms with Crippen molar-refractivity contribution in [1.29, 1.82) is 0 Å². The van der Waals surface area contributed by atoms with Crippen LogP contribution in [0.1, 0.15) is 24.3 Å². The summed E-state index contributed by atoms with van der Waals surface area (Å²) < 4.78 is 0. The highest BCUT2D eigenvalue weighted by Gasteiger charge is 2.29. The van der Waals surface area contributed by atoms with E-state index in [1.54, 1.807) is 0 Å². The smallest absolute Gasteiger partial charge is 0.0649 e. The van der Waals surface area contributed by atoms with Crippen LogP contribution >= 0.6 is 0 Å². The molecule has 68 valence electrons. The van der Waals surface area contributed by atoms with Crippen molar-refractivity contribution in [2.45, 2.75) is 24.9 Å². The van der Waals surface area contributed by atoms with E-state index in [0.717, 1.165) is 12.8 Å². The van der Waals surface area contributed by atoms with Gasteiger partial charge in [-0.25, -0.2) is 0 Å². The Morgan fingerprint density at radius 1 is 1.23 bits per heavy atom. The summed E-state index contributed by atoms with van der Waals surface area (Å²) in [7, 11) is 0. The highest BCUT2D eigenvalue weighted by molar-refractivity contribution is 5.31. The fraction of sp³-hybridized carbons (Fsp3) is 0.333. The van der Waals surface area contributed by atoms with E-state index in [4.69, 9.17) is 0 Å². The highest BCUT2D eigenvalue weighted by Crippen LogP contribution is 2.37. The van der Waals surface area contributed by atoms with Crippen LogP contribution in [-0.2, 0) is 0 Å². The summed E-state index contributed by atoms with van der Waals surface area (Å²) in [6.07, 6.45) is 1.59. The van der Waals surface area contributed by atoms with Crippen LogP contribution in [0, 0.1) is 0 Å². The van der Waals surface area contributed by atoms with Gasteiger partial charge in [0.05, 0.1) is 6.10 Å². The van der Waals surface area contributed by atoms with Gasteiger partial charge >= 0.3 is 0 Å². The maximum atomic E-state index is 9.75. The Morgan fingerprint density at radius 2 is 1.92 bits per heavy atom. The van der Waals surface area contributed by atoms with Crippen LogP contribution in [0.2, 0.25) is 0 Å². The molecule has 0 bridgehead atoms. The number of aliphatic hydroxyl groups excluding tert-OH is 1. The standard InChI is InChI=1S/C12H14O/c1-9-7-8-11(13)12(9)10-5-3-2-4-6-10/h2-6,11-13H,1,7-8H2/t11-,12+/m1/s1. The van der Waals surface area contributed by atoms with Crippen molar-refractivity contribution < 1.29 is 5.11 Å². The molecule has 0 saturated heterocycles. The van der Waals surface area contributed by atoms with Crippen molar-refractivity contribution in [1.82, 2.24) is 0 Å². The Labute approximate surface area is 78.7 Å². The van der Waals surface area contributed by atoms with E-state index in [-0.39, 0.29) is 12.0 Å². The summed E-state index contributed by atoms with van der Waals surface area (Å²) in [5.74, 6) is 0.168. The van der Waals surface area contributed by atoms with E-state index in [0.29, 0.717) is 0 Å². The first-order chi connectivity index (χ1) is 6.29. The largest absolute Gasteiger partial charge is 0.392 e. The molecule has 1 saturated carbocycles. The molecular formula is C12H14O. The molecule has 0 heterocycles. The van der Waals surface area contributed by atoms with Gasteiger partial charge in [0.25, 0.3) is 0 Å². The number of aliphatic hydroxyl groups is 1. The molecule has 0 unspecified atom stereocenters. The normalized spacial score (nSPS) is 27.9. The maximum absolute atomic E-state index is 9.75. The van der Waals surface area contributed by atoms with Gasteiger partial charge in [-0.05, 0) is 18.4 Å². The Morgan fingerprint density at radius 3 is 2.46 bits per heavy atom. The highest BCUT2D eigenvalue weighted by atomic mass is 16.3. The number of hydrogen-bond donors (Lipinski definition) is 1. The van der Waals surface area contributed by atoms with E-state index in [1.807, 2.05) is 18.2 Å². The van der Waals surface area contributed by atoms with Gasteiger partial charge in [0.2, 0.25) is 0 Å². The lowest BCUT2D eigenvalue weighted by Gasteiger charge is -2.15. The molecular weight excluding hydrogens is 160 g/mol. The average molecular weight is 174 g/mol. The predicted molar refractivity (Wildman–Crippen MR) is 53.6 cm³/mol. The minimum atomic E-state index is -0.227. The van der Waals surface area contributed by atoms with Gasteiger partial charge in [-0.15, -0.1) is 0 Å². The molecule has 1 aliphatic rings. The lowest BCUT2D eigenvalue weighted by molar-refractivity contribution is 0.169. The molecule has 1 aromatic carbocycles. The van der Waals surface area contributed by atoms with Gasteiger partial charge in [-0.2, -0.15) is 0 Å². The first kappa shape index (κ1) is 8.52. The molecule has 0 radical (unpaired) electrons. The second-order valence-corrected chi connectivity index (χ2v) is 3.65. The van der Waals surface area contributed by atoms with Crippen molar-refractivity contribution in [2.75, 3.05) is 0 Å². The third-order valence-electron chi connectivity index (χ3n) is 2.74. The average Bonchev–Trinajstić information content (AvgIpc) is 2.48. The summed E-state index contributed by atoms with van der Waals surface area (Å²) in [4.78, 5) is 0. The SMILES string of the molecule is C=C1CC[C@@H](O)[C@@H]1c1ccccc1. The van der Waals surface area contributed by atoms with Crippen LogP contribution in [0.15, 0.2) is 42.5 Å². The lowest BCUT2D eigenvalue weighted by atomic mass is 9.93. The minimum Gasteiger partial charge on any atom is -0.392 e. The van der Waals surface area contributed by atoms with Gasteiger partial charge in [0.1, 0.15) is 0 Å². The third-order valence-corrected chi connectivity index (χ3v) is 2.74. The molecule has 2 atom stereocenters. The summed E-state index contributed by atoms with van der Waals surface area (Å²) in [5.41, 5.74) is 2.36. The lowest BCUT2D eigenvalue weighted by Crippen LogP contribution is -2.11. The molecule has 1 fully saturated rings. The Bertz CT molecular complexity index is 302. The zero-order valence-electron chi connectivity index (χ0n) is 7.61. The summed E-state index contributed by atoms with van der Waals surface area (Å²) in [5, 5.41) is 9.75. The molecule has 1 aromatic rings. The molecule has 1 nitrogen and oxygen atoms in total. The summed E-state index contributed by atoms with van der Waals surface area (Å²) in [6, 6.07) is 10.1. The Balaban J connectivity index is 2.30. The molecule has 0 aliphatic heterocycles. The molecule has 1 heteroatoms. The van der Waals surface area contributed by atoms with Crippen molar-refractivity contribution in [3.63, 3.8) is 0 Å². The predicted octanol–water partition coefficient (Wildman–Crippen LogP) is 2.48. The zero-order chi connectivity index (χ0) is 9.26. The van der Waals surface area contributed by atoms with Crippen molar-refractivity contribution in [3.05, 3.63) is 48.0 Å². The van der Waals surface area contributed by atoms with E-state index in [1.165, 1.54) is 11.1 Å². The van der Waals surface area contributed by atoms with Crippen LogP contribution in [0.5, 0.6) is 0 Å². The van der Waals surface area contributed by atoms with Gasteiger partial charge in [-0.3, -0.25) is 0 Å². The molecule has 0 spiro atoms. The number of rotatable bonds is 1. The second kappa shape index (κ2) is 3.35. The quantitative estimate of drug-likeness (QED) is 0.648. The van der Waals surface area contributed by atoms with Crippen molar-refractivity contribution in [3.8, 4) is 0 Å². The third kappa shape index (κ3) is 1.52. The molecule has 0 amide bonds. The van der Waals surface area contributed by atoms with Crippen LogP contribution in [0.3, 0.4) is 0 Å². The summed E-state index contributed by atoms with van der Waals surface area (Å²) >= 11 is 0. The van der Waals surface area contributed by atoms with Gasteiger partial charge < -0.3 is 5.11 Å². The fourth-order valence-electron chi connectivity index (χ4n) is 2.05. The fourth-order valence-corrected chi connectivity index (χ4v) is 2.05. The van der Waals surface area contributed by atoms with Crippen molar-refractivity contribution in [2.24, 2.45) is 0 Å². The Kier molecular flexibility index (Phi) is 2.19. The first-order valence-electron chi connectivity index (χ1n) is 4.69. The first-order valence-corrected chi connectivity index (χ1v) is 4.69. The van der Waals surface area contributed by atoms with Crippen LogP contribution in [0.4, 0.5) is 0 Å². The molecule has 2 rings (SSSR count). The maximum Gasteiger partial charge on any atom is 0.0649 e. The van der Waals surface area contributed by atoms with E-state index >= 15 is 0 Å². The van der Waals surface area contributed by atoms with E-state index in [9.17, 15) is 5.11 Å². The second-order valence-electron chi connectivity index (χ2n) is 3.65. The van der Waals surface area contributed by atoms with Gasteiger partial charge in [-0.1, -0.05) is 42.5 Å². The monoisotopic (exact) mass is 174 g/mol. The number of hydrogen-bond acceptors (Lipinski definition) is 1. The van der Waals surface area contributed by atoms with E-state index in [2.05, 4.69) is 18.7 Å². The van der Waals surface area contributed by atoms with Gasteiger partial charge in [0, 0.05) is 5.92 Å². The van der Waals surface area contributed by atoms with Crippen LogP contribution < -0.4 is 0 Å². The molecule has 0 aromatic heterocycles. The molecule has 1 N–H and O–H groups in total. The Hall–Kier alpha value is -1.08.